The Bertz CT molecular complexity index is 775. The second-order valence-electron chi connectivity index (χ2n) is 6.19. The molecule has 116 valence electrons. The second kappa shape index (κ2) is 6.93. The van der Waals surface area contributed by atoms with Crippen molar-refractivity contribution in [3.05, 3.63) is 71.3 Å². The highest BCUT2D eigenvalue weighted by molar-refractivity contribution is 6.15. The molecule has 0 aliphatic heterocycles. The van der Waals surface area contributed by atoms with Gasteiger partial charge in [0, 0.05) is 16.7 Å². The molecule has 23 heavy (non-hydrogen) atoms. The van der Waals surface area contributed by atoms with E-state index in [9.17, 15) is 9.59 Å². The molecule has 3 nitrogen and oxygen atoms in total. The number of carbonyl (C=O) groups is 2. The van der Waals surface area contributed by atoms with E-state index in [1.165, 1.54) is 0 Å². The van der Waals surface area contributed by atoms with Crippen LogP contribution in [-0.2, 0) is 0 Å². The fraction of sp³-hybridized carbons (Fsp3) is 0.200. The van der Waals surface area contributed by atoms with Crippen LogP contribution in [0.3, 0.4) is 0 Å². The molecule has 0 fully saturated rings. The van der Waals surface area contributed by atoms with Gasteiger partial charge < -0.3 is 5.32 Å². The third-order valence-corrected chi connectivity index (χ3v) is 3.00. The van der Waals surface area contributed by atoms with Gasteiger partial charge >= 0.3 is 0 Å². The van der Waals surface area contributed by atoms with Gasteiger partial charge in [0.05, 0.1) is 5.56 Å². The molecule has 0 atom stereocenters. The van der Waals surface area contributed by atoms with Crippen molar-refractivity contribution in [3.63, 3.8) is 0 Å². The van der Waals surface area contributed by atoms with Gasteiger partial charge in [-0.05, 0) is 51.0 Å². The van der Waals surface area contributed by atoms with E-state index in [2.05, 4.69) is 17.2 Å². The Balaban J connectivity index is 2.28. The zero-order valence-electron chi connectivity index (χ0n) is 13.5. The fourth-order valence-electron chi connectivity index (χ4n) is 2.00. The minimum atomic E-state index is -0.372. The molecule has 0 aliphatic carbocycles. The van der Waals surface area contributed by atoms with Crippen molar-refractivity contribution in [2.24, 2.45) is 0 Å². The molecule has 2 rings (SSSR count). The second-order valence-corrected chi connectivity index (χ2v) is 6.19. The van der Waals surface area contributed by atoms with Crippen LogP contribution >= 0.6 is 0 Å². The molecule has 0 unspecified atom stereocenters. The van der Waals surface area contributed by atoms with Crippen molar-refractivity contribution in [1.82, 2.24) is 5.32 Å². The van der Waals surface area contributed by atoms with Crippen molar-refractivity contribution in [2.75, 3.05) is 0 Å². The molecule has 0 aliphatic rings. The highest BCUT2D eigenvalue weighted by Crippen LogP contribution is 2.11. The van der Waals surface area contributed by atoms with Crippen molar-refractivity contribution in [2.45, 2.75) is 26.3 Å². The lowest BCUT2D eigenvalue weighted by Crippen LogP contribution is -2.41. The van der Waals surface area contributed by atoms with Gasteiger partial charge in [0.15, 0.2) is 0 Å². The van der Waals surface area contributed by atoms with E-state index in [1.807, 2.05) is 51.1 Å². The summed E-state index contributed by atoms with van der Waals surface area (Å²) in [4.78, 5) is 24.7. The Morgan fingerprint density at radius 3 is 2.04 bits per heavy atom. The van der Waals surface area contributed by atoms with Gasteiger partial charge in [-0.25, -0.2) is 0 Å². The normalized spacial score (nSPS) is 10.4. The van der Waals surface area contributed by atoms with Crippen LogP contribution in [0.15, 0.2) is 54.6 Å². The van der Waals surface area contributed by atoms with Gasteiger partial charge in [-0.2, -0.15) is 0 Å². The zero-order valence-corrected chi connectivity index (χ0v) is 13.5. The fourth-order valence-corrected chi connectivity index (χ4v) is 2.00. The van der Waals surface area contributed by atoms with Crippen LogP contribution in [0.2, 0.25) is 0 Å². The van der Waals surface area contributed by atoms with Crippen LogP contribution in [0.25, 0.3) is 0 Å². The zero-order chi connectivity index (χ0) is 16.9. The summed E-state index contributed by atoms with van der Waals surface area (Å²) < 4.78 is 0. The molecular weight excluding hydrogens is 286 g/mol. The predicted octanol–water partition coefficient (Wildman–Crippen LogP) is 3.45. The van der Waals surface area contributed by atoms with Crippen LogP contribution < -0.4 is 5.32 Å². The summed E-state index contributed by atoms with van der Waals surface area (Å²) in [5, 5.41) is 2.87. The highest BCUT2D eigenvalue weighted by Gasteiger charge is 2.19. The summed E-state index contributed by atoms with van der Waals surface area (Å²) in [6.45, 7) is 5.68. The largest absolute Gasteiger partial charge is 0.347 e. The van der Waals surface area contributed by atoms with Crippen LogP contribution in [0, 0.1) is 11.8 Å². The average molecular weight is 305 g/mol. The molecule has 2 aromatic carbocycles. The first-order chi connectivity index (χ1) is 10.9. The summed E-state index contributed by atoms with van der Waals surface area (Å²) in [5.41, 5.74) is 1.05. The van der Waals surface area contributed by atoms with Crippen molar-refractivity contribution >= 4 is 11.7 Å². The molecule has 0 aromatic heterocycles. The number of rotatable bonds is 2. The summed E-state index contributed by atoms with van der Waals surface area (Å²) in [5.74, 6) is 4.79. The molecule has 0 saturated carbocycles. The minimum Gasteiger partial charge on any atom is -0.347 e. The van der Waals surface area contributed by atoms with Gasteiger partial charge in [-0.1, -0.05) is 36.3 Å². The van der Waals surface area contributed by atoms with E-state index in [0.717, 1.165) is 5.56 Å². The van der Waals surface area contributed by atoms with E-state index in [0.29, 0.717) is 11.1 Å². The van der Waals surface area contributed by atoms with E-state index in [4.69, 9.17) is 0 Å². The molecular formula is C20H19NO2. The minimum absolute atomic E-state index is 0.275. The Kier molecular flexibility index (Phi) is 4.98. The van der Waals surface area contributed by atoms with Crippen LogP contribution in [0.1, 0.15) is 47.1 Å². The first-order valence-corrected chi connectivity index (χ1v) is 7.40. The maximum Gasteiger partial charge on any atom is 0.252 e. The summed E-state index contributed by atoms with van der Waals surface area (Å²) in [6.07, 6.45) is 0. The Labute approximate surface area is 136 Å². The van der Waals surface area contributed by atoms with Gasteiger partial charge in [-0.15, -0.1) is 0 Å². The molecule has 0 heterocycles. The van der Waals surface area contributed by atoms with Crippen molar-refractivity contribution in [1.29, 1.82) is 0 Å². The number of carbonyl (C=O) groups excluding carboxylic acids is 2. The molecule has 2 aromatic rings. The number of hydrogen-bond acceptors (Lipinski definition) is 2. The number of ketones is 1. The molecule has 0 spiro atoms. The van der Waals surface area contributed by atoms with Crippen LogP contribution in [0.5, 0.6) is 0 Å². The van der Waals surface area contributed by atoms with Crippen molar-refractivity contribution < 1.29 is 9.59 Å². The highest BCUT2D eigenvalue weighted by atomic mass is 16.2. The first kappa shape index (κ1) is 16.5. The van der Waals surface area contributed by atoms with Gasteiger partial charge in [0.2, 0.25) is 5.78 Å². The lowest BCUT2D eigenvalue weighted by Gasteiger charge is -2.21. The maximum atomic E-state index is 12.4. The van der Waals surface area contributed by atoms with Gasteiger partial charge in [0.1, 0.15) is 0 Å². The molecule has 3 heteroatoms. The predicted molar refractivity (Wildman–Crippen MR) is 91.3 cm³/mol. The number of nitrogens with one attached hydrogen (secondary N) is 1. The number of Topliss-reactive ketones (excluding diaryl/α,β-unsaturated/α-hetero) is 1. The molecule has 1 N–H and O–H groups in total. The maximum absolute atomic E-state index is 12.4. The summed E-state index contributed by atoms with van der Waals surface area (Å²) >= 11 is 0. The Morgan fingerprint density at radius 1 is 0.870 bits per heavy atom. The van der Waals surface area contributed by atoms with Crippen LogP contribution in [-0.4, -0.2) is 17.2 Å². The van der Waals surface area contributed by atoms with Crippen molar-refractivity contribution in [3.8, 4) is 11.8 Å². The SMILES string of the molecule is CC(C)(C)NC(=O)c1ccccc1C(=O)C#Cc1ccccc1. The summed E-state index contributed by atoms with van der Waals surface area (Å²) in [7, 11) is 0. The third kappa shape index (κ3) is 4.82. The number of amides is 1. The van der Waals surface area contributed by atoms with E-state index in [-0.39, 0.29) is 17.2 Å². The molecule has 0 radical (unpaired) electrons. The standard InChI is InChI=1S/C20H19NO2/c1-20(2,3)21-19(23)17-12-8-7-11-16(17)18(22)14-13-15-9-5-4-6-10-15/h4-12H,1-3H3,(H,21,23). The quantitative estimate of drug-likeness (QED) is 0.682. The van der Waals surface area contributed by atoms with E-state index in [1.54, 1.807) is 24.3 Å². The Hall–Kier alpha value is -2.86. The monoisotopic (exact) mass is 305 g/mol. The van der Waals surface area contributed by atoms with E-state index < -0.39 is 0 Å². The van der Waals surface area contributed by atoms with Crippen LogP contribution in [0.4, 0.5) is 0 Å². The smallest absolute Gasteiger partial charge is 0.252 e. The molecule has 0 saturated heterocycles. The van der Waals surface area contributed by atoms with E-state index >= 15 is 0 Å². The molecule has 1 amide bonds. The molecule has 0 bridgehead atoms. The number of hydrogen-bond donors (Lipinski definition) is 1. The van der Waals surface area contributed by atoms with Gasteiger partial charge in [0.25, 0.3) is 5.91 Å². The number of benzene rings is 2. The lowest BCUT2D eigenvalue weighted by atomic mass is 10.0. The third-order valence-electron chi connectivity index (χ3n) is 3.00. The Morgan fingerprint density at radius 2 is 1.43 bits per heavy atom. The topological polar surface area (TPSA) is 46.2 Å². The lowest BCUT2D eigenvalue weighted by molar-refractivity contribution is 0.0911. The van der Waals surface area contributed by atoms with Gasteiger partial charge in [-0.3, -0.25) is 9.59 Å². The average Bonchev–Trinajstić information content (AvgIpc) is 2.52. The summed E-state index contributed by atoms with van der Waals surface area (Å²) in [6, 6.07) is 16.0. The first-order valence-electron chi connectivity index (χ1n) is 7.40.